The van der Waals surface area contributed by atoms with Crippen LogP contribution in [0.1, 0.15) is 22.6 Å². The Balaban J connectivity index is 1.59. The SMILES string of the molecule is CN1Cc2cc(-c3cncnc3)ccc2C(c2ccc3sc(Cl)cc3c2)C1. The van der Waals surface area contributed by atoms with Crippen molar-refractivity contribution in [2.24, 2.45) is 0 Å². The number of benzene rings is 2. The molecule has 0 spiro atoms. The smallest absolute Gasteiger partial charge is 0.115 e. The third-order valence-corrected chi connectivity index (χ3v) is 6.50. The molecule has 4 aromatic rings. The molecule has 27 heavy (non-hydrogen) atoms. The quantitative estimate of drug-likeness (QED) is 0.446. The fourth-order valence-electron chi connectivity index (χ4n) is 4.01. The first kappa shape index (κ1) is 16.9. The van der Waals surface area contributed by atoms with E-state index in [1.807, 2.05) is 12.4 Å². The van der Waals surface area contributed by atoms with Gasteiger partial charge in [-0.05, 0) is 59.0 Å². The molecular formula is C22H18ClN3S. The number of thiophene rings is 1. The van der Waals surface area contributed by atoms with E-state index in [4.69, 9.17) is 11.6 Å². The fourth-order valence-corrected chi connectivity index (χ4v) is 5.14. The predicted octanol–water partition coefficient (Wildman–Crippen LogP) is 5.59. The Kier molecular flexibility index (Phi) is 4.20. The van der Waals surface area contributed by atoms with Crippen molar-refractivity contribution >= 4 is 33.0 Å². The molecule has 0 amide bonds. The monoisotopic (exact) mass is 391 g/mol. The summed E-state index contributed by atoms with van der Waals surface area (Å²) in [6.45, 7) is 1.98. The van der Waals surface area contributed by atoms with Crippen LogP contribution in [0.25, 0.3) is 21.2 Å². The van der Waals surface area contributed by atoms with E-state index >= 15 is 0 Å². The lowest BCUT2D eigenvalue weighted by atomic mass is 9.83. The molecule has 5 rings (SSSR count). The maximum Gasteiger partial charge on any atom is 0.115 e. The lowest BCUT2D eigenvalue weighted by molar-refractivity contribution is 0.295. The molecule has 0 saturated carbocycles. The van der Waals surface area contributed by atoms with E-state index in [1.54, 1.807) is 17.7 Å². The van der Waals surface area contributed by atoms with E-state index < -0.39 is 0 Å². The van der Waals surface area contributed by atoms with Crippen LogP contribution >= 0.6 is 22.9 Å². The van der Waals surface area contributed by atoms with Crippen molar-refractivity contribution in [3.63, 3.8) is 0 Å². The molecule has 0 bridgehead atoms. The second-order valence-electron chi connectivity index (χ2n) is 7.14. The average molecular weight is 392 g/mol. The van der Waals surface area contributed by atoms with Crippen LogP contribution in [0, 0.1) is 0 Å². The third kappa shape index (κ3) is 3.14. The van der Waals surface area contributed by atoms with Crippen molar-refractivity contribution in [2.45, 2.75) is 12.5 Å². The first-order chi connectivity index (χ1) is 13.2. The van der Waals surface area contributed by atoms with E-state index in [1.165, 1.54) is 32.3 Å². The van der Waals surface area contributed by atoms with Crippen LogP contribution in [0.15, 0.2) is 61.2 Å². The van der Waals surface area contributed by atoms with Gasteiger partial charge in [-0.15, -0.1) is 11.3 Å². The standard InChI is InChI=1S/C22H18ClN3S/c1-26-11-17-6-14(18-9-24-13-25-10-18)2-4-19(17)20(12-26)15-3-5-21-16(7-15)8-22(23)27-21/h2-10,13,20H,11-12H2,1H3. The van der Waals surface area contributed by atoms with Gasteiger partial charge >= 0.3 is 0 Å². The predicted molar refractivity (Wildman–Crippen MR) is 112 cm³/mol. The molecule has 3 heterocycles. The van der Waals surface area contributed by atoms with E-state index in [-0.39, 0.29) is 0 Å². The number of nitrogens with zero attached hydrogens (tertiary/aromatic N) is 3. The molecule has 1 aliphatic rings. The molecular weight excluding hydrogens is 374 g/mol. The maximum absolute atomic E-state index is 6.20. The van der Waals surface area contributed by atoms with Gasteiger partial charge in [0.1, 0.15) is 6.33 Å². The van der Waals surface area contributed by atoms with Crippen molar-refractivity contribution in [2.75, 3.05) is 13.6 Å². The summed E-state index contributed by atoms with van der Waals surface area (Å²) < 4.78 is 2.09. The van der Waals surface area contributed by atoms with Crippen molar-refractivity contribution in [3.05, 3.63) is 82.2 Å². The van der Waals surface area contributed by atoms with Crippen LogP contribution in [-0.2, 0) is 6.54 Å². The molecule has 3 nitrogen and oxygen atoms in total. The van der Waals surface area contributed by atoms with Gasteiger partial charge in [-0.3, -0.25) is 0 Å². The van der Waals surface area contributed by atoms with E-state index in [2.05, 4.69) is 64.4 Å². The number of rotatable bonds is 2. The summed E-state index contributed by atoms with van der Waals surface area (Å²) in [6, 6.07) is 15.6. The molecule has 0 saturated heterocycles. The van der Waals surface area contributed by atoms with Gasteiger partial charge in [0.05, 0.1) is 4.34 Å². The topological polar surface area (TPSA) is 29.0 Å². The number of hydrogen-bond acceptors (Lipinski definition) is 4. The molecule has 0 fully saturated rings. The highest BCUT2D eigenvalue weighted by Crippen LogP contribution is 2.38. The minimum Gasteiger partial charge on any atom is -0.301 e. The van der Waals surface area contributed by atoms with Crippen LogP contribution in [0.2, 0.25) is 4.34 Å². The summed E-state index contributed by atoms with van der Waals surface area (Å²) in [5, 5.41) is 1.23. The molecule has 2 aromatic carbocycles. The molecule has 1 unspecified atom stereocenters. The summed E-state index contributed by atoms with van der Waals surface area (Å²) in [7, 11) is 2.19. The van der Waals surface area contributed by atoms with Crippen LogP contribution in [0.5, 0.6) is 0 Å². The number of likely N-dealkylation sites (N-methyl/N-ethyl adjacent to an activating group) is 1. The van der Waals surface area contributed by atoms with Crippen LogP contribution in [-0.4, -0.2) is 28.5 Å². The second-order valence-corrected chi connectivity index (χ2v) is 8.85. The molecule has 1 atom stereocenters. The Morgan fingerprint density at radius 1 is 1.04 bits per heavy atom. The zero-order valence-electron chi connectivity index (χ0n) is 14.9. The van der Waals surface area contributed by atoms with Crippen LogP contribution < -0.4 is 0 Å². The zero-order valence-corrected chi connectivity index (χ0v) is 16.5. The largest absolute Gasteiger partial charge is 0.301 e. The highest BCUT2D eigenvalue weighted by molar-refractivity contribution is 7.22. The maximum atomic E-state index is 6.20. The Hall–Kier alpha value is -2.27. The third-order valence-electron chi connectivity index (χ3n) is 5.26. The van der Waals surface area contributed by atoms with Gasteiger partial charge in [-0.2, -0.15) is 0 Å². The van der Waals surface area contributed by atoms with Crippen molar-refractivity contribution in [3.8, 4) is 11.1 Å². The molecule has 0 radical (unpaired) electrons. The van der Waals surface area contributed by atoms with E-state index in [0.717, 1.165) is 23.0 Å². The van der Waals surface area contributed by atoms with Gasteiger partial charge in [0.25, 0.3) is 0 Å². The van der Waals surface area contributed by atoms with E-state index in [0.29, 0.717) is 5.92 Å². The lowest BCUT2D eigenvalue weighted by Crippen LogP contribution is -2.31. The molecule has 134 valence electrons. The first-order valence-corrected chi connectivity index (χ1v) is 10.1. The molecule has 2 aromatic heterocycles. The van der Waals surface area contributed by atoms with Crippen LogP contribution in [0.4, 0.5) is 0 Å². The number of fused-ring (bicyclic) bond motifs is 2. The van der Waals surface area contributed by atoms with Gasteiger partial charge in [0, 0.05) is 41.7 Å². The molecule has 0 N–H and O–H groups in total. The van der Waals surface area contributed by atoms with Gasteiger partial charge < -0.3 is 4.90 Å². The molecule has 0 aliphatic carbocycles. The minimum atomic E-state index is 0.364. The zero-order chi connectivity index (χ0) is 18.4. The van der Waals surface area contributed by atoms with E-state index in [9.17, 15) is 0 Å². The highest BCUT2D eigenvalue weighted by atomic mass is 35.5. The van der Waals surface area contributed by atoms with Gasteiger partial charge in [0.2, 0.25) is 0 Å². The number of halogens is 1. The highest BCUT2D eigenvalue weighted by Gasteiger charge is 2.25. The van der Waals surface area contributed by atoms with Crippen LogP contribution in [0.3, 0.4) is 0 Å². The summed E-state index contributed by atoms with van der Waals surface area (Å²) in [5.41, 5.74) is 6.36. The normalized spacial score (nSPS) is 17.2. The molecule has 1 aliphatic heterocycles. The summed E-state index contributed by atoms with van der Waals surface area (Å²) in [4.78, 5) is 10.7. The minimum absolute atomic E-state index is 0.364. The van der Waals surface area contributed by atoms with Crippen molar-refractivity contribution in [1.82, 2.24) is 14.9 Å². The summed E-state index contributed by atoms with van der Waals surface area (Å²) >= 11 is 7.84. The Morgan fingerprint density at radius 2 is 1.89 bits per heavy atom. The van der Waals surface area contributed by atoms with Crippen molar-refractivity contribution < 1.29 is 0 Å². The Labute approximate surface area is 167 Å². The lowest BCUT2D eigenvalue weighted by Gasteiger charge is -2.33. The number of hydrogen-bond donors (Lipinski definition) is 0. The van der Waals surface area contributed by atoms with Gasteiger partial charge in [-0.1, -0.05) is 29.8 Å². The van der Waals surface area contributed by atoms with Crippen molar-refractivity contribution in [1.29, 1.82) is 0 Å². The summed E-state index contributed by atoms with van der Waals surface area (Å²) in [6.07, 6.45) is 5.30. The second kappa shape index (κ2) is 6.71. The first-order valence-electron chi connectivity index (χ1n) is 8.93. The van der Waals surface area contributed by atoms with Gasteiger partial charge in [0.15, 0.2) is 0 Å². The average Bonchev–Trinajstić information content (AvgIpc) is 3.06. The Morgan fingerprint density at radius 3 is 2.74 bits per heavy atom. The number of aromatic nitrogens is 2. The molecule has 5 heteroatoms. The Bertz CT molecular complexity index is 1120. The van der Waals surface area contributed by atoms with Gasteiger partial charge in [-0.25, -0.2) is 9.97 Å². The fraction of sp³-hybridized carbons (Fsp3) is 0.182. The summed E-state index contributed by atoms with van der Waals surface area (Å²) in [5.74, 6) is 0.364.